The Morgan fingerprint density at radius 2 is 2.00 bits per heavy atom. The van der Waals surface area contributed by atoms with E-state index in [0.717, 1.165) is 16.6 Å². The van der Waals surface area contributed by atoms with Crippen molar-refractivity contribution in [2.45, 2.75) is 17.0 Å². The molecular weight excluding hydrogens is 407 g/mol. The third-order valence-electron chi connectivity index (χ3n) is 4.64. The summed E-state index contributed by atoms with van der Waals surface area (Å²) in [6, 6.07) is 13.7. The van der Waals surface area contributed by atoms with Gasteiger partial charge in [0.1, 0.15) is 18.7 Å². The first kappa shape index (κ1) is 18.7. The predicted octanol–water partition coefficient (Wildman–Crippen LogP) is 4.41. The van der Waals surface area contributed by atoms with Gasteiger partial charge < -0.3 is 18.5 Å². The van der Waals surface area contributed by atoms with Gasteiger partial charge in [-0.15, -0.1) is 10.2 Å². The van der Waals surface area contributed by atoms with Crippen molar-refractivity contribution in [3.05, 3.63) is 72.1 Å². The van der Waals surface area contributed by atoms with E-state index in [1.165, 1.54) is 23.9 Å². The molecule has 2 aromatic heterocycles. The van der Waals surface area contributed by atoms with Crippen molar-refractivity contribution in [1.29, 1.82) is 0 Å². The van der Waals surface area contributed by atoms with Crippen LogP contribution >= 0.6 is 11.8 Å². The van der Waals surface area contributed by atoms with E-state index >= 15 is 0 Å². The lowest BCUT2D eigenvalue weighted by molar-refractivity contribution is 0.0825. The topological polar surface area (TPSA) is 75.2 Å². The van der Waals surface area contributed by atoms with Gasteiger partial charge in [-0.1, -0.05) is 30.0 Å². The van der Waals surface area contributed by atoms with E-state index in [-0.39, 0.29) is 11.9 Å². The number of thioether (sulfide) groups is 1. The van der Waals surface area contributed by atoms with Crippen LogP contribution in [0.2, 0.25) is 0 Å². The maximum absolute atomic E-state index is 13.4. The van der Waals surface area contributed by atoms with E-state index in [0.29, 0.717) is 35.4 Å². The number of fused-ring (bicyclic) bond motifs is 1. The van der Waals surface area contributed by atoms with Crippen LogP contribution in [0.4, 0.5) is 4.39 Å². The number of nitrogens with zero attached hydrogens (tertiary/aromatic N) is 4. The van der Waals surface area contributed by atoms with Gasteiger partial charge in [-0.05, 0) is 30.3 Å². The van der Waals surface area contributed by atoms with Gasteiger partial charge in [-0.3, -0.25) is 0 Å². The average Bonchev–Trinajstić information content (AvgIpc) is 3.39. The van der Waals surface area contributed by atoms with E-state index in [9.17, 15) is 4.39 Å². The van der Waals surface area contributed by atoms with Crippen molar-refractivity contribution in [2.24, 2.45) is 7.05 Å². The van der Waals surface area contributed by atoms with Crippen molar-refractivity contribution in [1.82, 2.24) is 19.7 Å². The zero-order valence-corrected chi connectivity index (χ0v) is 16.8. The Bertz CT molecular complexity index is 1190. The van der Waals surface area contributed by atoms with Crippen LogP contribution in [0.3, 0.4) is 0 Å². The van der Waals surface area contributed by atoms with E-state index in [1.807, 2.05) is 35.9 Å². The highest BCUT2D eigenvalue weighted by atomic mass is 32.2. The zero-order valence-electron chi connectivity index (χ0n) is 16.0. The van der Waals surface area contributed by atoms with E-state index in [2.05, 4.69) is 15.2 Å². The normalized spacial score (nSPS) is 15.3. The quantitative estimate of drug-likeness (QED) is 0.439. The molecule has 9 heteroatoms. The monoisotopic (exact) mass is 424 g/mol. The second-order valence-electron chi connectivity index (χ2n) is 6.71. The van der Waals surface area contributed by atoms with Crippen LogP contribution in [0, 0.1) is 5.82 Å². The molecule has 2 aromatic carbocycles. The second kappa shape index (κ2) is 7.83. The van der Waals surface area contributed by atoms with Crippen LogP contribution in [0.15, 0.2) is 64.4 Å². The molecule has 152 valence electrons. The van der Waals surface area contributed by atoms with Gasteiger partial charge in [-0.2, -0.15) is 0 Å². The molecular formula is C21H17FN4O3S. The molecule has 1 aliphatic heterocycles. The van der Waals surface area contributed by atoms with Crippen molar-refractivity contribution in [3.8, 4) is 23.0 Å². The number of hydrogen-bond acceptors (Lipinski definition) is 7. The molecule has 0 radical (unpaired) electrons. The highest BCUT2D eigenvalue weighted by molar-refractivity contribution is 7.98. The fraction of sp³-hybridized carbons (Fsp3) is 0.190. The maximum Gasteiger partial charge on any atom is 0.226 e. The Hall–Kier alpha value is -3.33. The number of ether oxygens (including phenoxy) is 2. The molecule has 1 atom stereocenters. The number of halogens is 1. The molecule has 0 saturated carbocycles. The molecule has 0 saturated heterocycles. The number of para-hydroxylation sites is 2. The first-order valence-electron chi connectivity index (χ1n) is 9.28. The fourth-order valence-electron chi connectivity index (χ4n) is 3.14. The van der Waals surface area contributed by atoms with Gasteiger partial charge in [0.05, 0.1) is 5.69 Å². The SMILES string of the molecule is Cn1c(SCc2coc(-c3cccc(F)c3)n2)nnc1C1COc2ccccc2O1. The molecule has 7 nitrogen and oxygen atoms in total. The highest BCUT2D eigenvalue weighted by Crippen LogP contribution is 2.36. The Labute approximate surface area is 175 Å². The summed E-state index contributed by atoms with van der Waals surface area (Å²) in [5.41, 5.74) is 1.33. The van der Waals surface area contributed by atoms with E-state index in [4.69, 9.17) is 13.9 Å². The molecule has 0 amide bonds. The lowest BCUT2D eigenvalue weighted by Gasteiger charge is -2.25. The smallest absolute Gasteiger partial charge is 0.226 e. The number of benzene rings is 2. The molecule has 0 N–H and O–H groups in total. The molecule has 0 spiro atoms. The largest absolute Gasteiger partial charge is 0.485 e. The minimum absolute atomic E-state index is 0.329. The molecule has 3 heterocycles. The van der Waals surface area contributed by atoms with E-state index < -0.39 is 0 Å². The molecule has 1 unspecified atom stereocenters. The molecule has 0 aliphatic carbocycles. The van der Waals surface area contributed by atoms with E-state index in [1.54, 1.807) is 18.4 Å². The van der Waals surface area contributed by atoms with Gasteiger partial charge in [0.25, 0.3) is 0 Å². The number of oxazole rings is 1. The minimum atomic E-state index is -0.335. The number of hydrogen-bond donors (Lipinski definition) is 0. The van der Waals surface area contributed by atoms with Crippen molar-refractivity contribution in [2.75, 3.05) is 6.61 Å². The lowest BCUT2D eigenvalue weighted by Crippen LogP contribution is -2.24. The Morgan fingerprint density at radius 3 is 2.87 bits per heavy atom. The van der Waals surface area contributed by atoms with Crippen LogP contribution in [-0.4, -0.2) is 26.4 Å². The standard InChI is InChI=1S/C21H17FN4O3S/c1-26-19(18-11-27-16-7-2-3-8-17(16)29-18)24-25-21(26)30-12-15-10-28-20(23-15)13-5-4-6-14(22)9-13/h2-10,18H,11-12H2,1H3. The Balaban J connectivity index is 1.27. The summed E-state index contributed by atoms with van der Waals surface area (Å²) in [7, 11) is 1.89. The predicted molar refractivity (Wildman–Crippen MR) is 108 cm³/mol. The van der Waals surface area contributed by atoms with Gasteiger partial charge in [0.15, 0.2) is 28.6 Å². The summed E-state index contributed by atoms with van der Waals surface area (Å²) in [4.78, 5) is 4.43. The summed E-state index contributed by atoms with van der Waals surface area (Å²) in [6.07, 6.45) is 1.23. The average molecular weight is 424 g/mol. The maximum atomic E-state index is 13.4. The zero-order chi connectivity index (χ0) is 20.5. The molecule has 0 fully saturated rings. The third-order valence-corrected chi connectivity index (χ3v) is 5.69. The summed E-state index contributed by atoms with van der Waals surface area (Å²) in [5.74, 6) is 2.70. The molecule has 30 heavy (non-hydrogen) atoms. The molecule has 1 aliphatic rings. The Morgan fingerprint density at radius 1 is 1.13 bits per heavy atom. The molecule has 5 rings (SSSR count). The van der Waals surface area contributed by atoms with Crippen LogP contribution in [-0.2, 0) is 12.8 Å². The van der Waals surface area contributed by atoms with Crippen molar-refractivity contribution in [3.63, 3.8) is 0 Å². The van der Waals surface area contributed by atoms with Crippen molar-refractivity contribution < 1.29 is 18.3 Å². The lowest BCUT2D eigenvalue weighted by atomic mass is 10.2. The van der Waals surface area contributed by atoms with Crippen LogP contribution < -0.4 is 9.47 Å². The van der Waals surface area contributed by atoms with Crippen LogP contribution in [0.5, 0.6) is 11.5 Å². The van der Waals surface area contributed by atoms with Gasteiger partial charge in [0.2, 0.25) is 5.89 Å². The third kappa shape index (κ3) is 3.63. The molecule has 0 bridgehead atoms. The van der Waals surface area contributed by atoms with Gasteiger partial charge in [0, 0.05) is 18.4 Å². The van der Waals surface area contributed by atoms with Crippen molar-refractivity contribution >= 4 is 11.8 Å². The van der Waals surface area contributed by atoms with Crippen LogP contribution in [0.25, 0.3) is 11.5 Å². The summed E-state index contributed by atoms with van der Waals surface area (Å²) in [5, 5.41) is 9.28. The summed E-state index contributed by atoms with van der Waals surface area (Å²) < 4.78 is 32.6. The first-order chi connectivity index (χ1) is 14.7. The second-order valence-corrected chi connectivity index (χ2v) is 7.65. The summed E-state index contributed by atoms with van der Waals surface area (Å²) >= 11 is 1.48. The number of aromatic nitrogens is 4. The number of rotatable bonds is 5. The first-order valence-corrected chi connectivity index (χ1v) is 10.3. The highest BCUT2D eigenvalue weighted by Gasteiger charge is 2.27. The fourth-order valence-corrected chi connectivity index (χ4v) is 3.94. The van der Waals surface area contributed by atoms with Crippen LogP contribution in [0.1, 0.15) is 17.6 Å². The van der Waals surface area contributed by atoms with Gasteiger partial charge in [-0.25, -0.2) is 9.37 Å². The Kier molecular flexibility index (Phi) is 4.88. The van der Waals surface area contributed by atoms with Gasteiger partial charge >= 0.3 is 0 Å². The summed E-state index contributed by atoms with van der Waals surface area (Å²) in [6.45, 7) is 0.369. The minimum Gasteiger partial charge on any atom is -0.485 e. The molecule has 4 aromatic rings.